The van der Waals surface area contributed by atoms with Crippen LogP contribution in [0.25, 0.3) is 0 Å². The maximum absolute atomic E-state index is 5.74. The number of nitrogens with zero attached hydrogens (tertiary/aromatic N) is 1. The number of hydrogen-bond donors (Lipinski definition) is 1. The molecule has 0 aromatic heterocycles. The molecular weight excluding hydrogens is 232 g/mol. The van der Waals surface area contributed by atoms with E-state index in [0.717, 1.165) is 13.2 Å². The quantitative estimate of drug-likeness (QED) is 0.763. The van der Waals surface area contributed by atoms with Gasteiger partial charge in [-0.2, -0.15) is 0 Å². The molecule has 0 amide bonds. The average molecular weight is 256 g/mol. The molecule has 2 aliphatic heterocycles. The predicted octanol–water partition coefficient (Wildman–Crippen LogP) is 1.94. The van der Waals surface area contributed by atoms with Gasteiger partial charge in [-0.05, 0) is 51.6 Å². The molecule has 98 valence electrons. The second-order valence-corrected chi connectivity index (χ2v) is 5.79. The van der Waals surface area contributed by atoms with Gasteiger partial charge in [0.15, 0.2) is 0 Å². The highest BCUT2D eigenvalue weighted by molar-refractivity contribution is 7.80. The molecule has 0 aromatic carbocycles. The molecule has 2 unspecified atom stereocenters. The van der Waals surface area contributed by atoms with Crippen LogP contribution in [0.3, 0.4) is 0 Å². The zero-order chi connectivity index (χ0) is 12.1. The monoisotopic (exact) mass is 256 g/mol. The SMILES string of the molecule is NC(=S)C1CCCN(CCCC2CCCO2)C1. The van der Waals surface area contributed by atoms with Crippen molar-refractivity contribution >= 4 is 17.2 Å². The third kappa shape index (κ3) is 4.19. The summed E-state index contributed by atoms with van der Waals surface area (Å²) >= 11 is 5.10. The van der Waals surface area contributed by atoms with Gasteiger partial charge in [-0.15, -0.1) is 0 Å². The summed E-state index contributed by atoms with van der Waals surface area (Å²) < 4.78 is 5.64. The Hall–Kier alpha value is -0.190. The van der Waals surface area contributed by atoms with Crippen molar-refractivity contribution in [3.63, 3.8) is 0 Å². The topological polar surface area (TPSA) is 38.5 Å². The van der Waals surface area contributed by atoms with Crippen LogP contribution in [0.2, 0.25) is 0 Å². The Morgan fingerprint density at radius 3 is 2.94 bits per heavy atom. The van der Waals surface area contributed by atoms with Gasteiger partial charge in [0.25, 0.3) is 0 Å². The van der Waals surface area contributed by atoms with E-state index in [0.29, 0.717) is 17.0 Å². The van der Waals surface area contributed by atoms with Crippen molar-refractivity contribution in [3.05, 3.63) is 0 Å². The summed E-state index contributed by atoms with van der Waals surface area (Å²) in [6.07, 6.45) is 7.92. The maximum atomic E-state index is 5.74. The molecule has 2 heterocycles. The van der Waals surface area contributed by atoms with Crippen LogP contribution < -0.4 is 5.73 Å². The van der Waals surface area contributed by atoms with Crippen molar-refractivity contribution in [2.45, 2.75) is 44.6 Å². The second-order valence-electron chi connectivity index (χ2n) is 5.32. The molecule has 0 aliphatic carbocycles. The summed E-state index contributed by atoms with van der Waals surface area (Å²) in [6, 6.07) is 0. The Morgan fingerprint density at radius 1 is 1.35 bits per heavy atom. The summed E-state index contributed by atoms with van der Waals surface area (Å²) in [5.74, 6) is 0.446. The van der Waals surface area contributed by atoms with Gasteiger partial charge in [0.2, 0.25) is 0 Å². The van der Waals surface area contributed by atoms with Crippen molar-refractivity contribution in [2.24, 2.45) is 11.7 Å². The molecule has 2 saturated heterocycles. The van der Waals surface area contributed by atoms with Crippen LogP contribution in [0.4, 0.5) is 0 Å². The third-order valence-corrected chi connectivity index (χ3v) is 4.27. The zero-order valence-corrected chi connectivity index (χ0v) is 11.4. The normalized spacial score (nSPS) is 30.6. The fourth-order valence-electron chi connectivity index (χ4n) is 2.91. The highest BCUT2D eigenvalue weighted by atomic mass is 32.1. The van der Waals surface area contributed by atoms with E-state index in [9.17, 15) is 0 Å². The van der Waals surface area contributed by atoms with Crippen molar-refractivity contribution in [2.75, 3.05) is 26.2 Å². The summed E-state index contributed by atoms with van der Waals surface area (Å²) in [5.41, 5.74) is 5.74. The van der Waals surface area contributed by atoms with Gasteiger partial charge in [-0.3, -0.25) is 0 Å². The molecule has 2 fully saturated rings. The smallest absolute Gasteiger partial charge is 0.0771 e. The lowest BCUT2D eigenvalue weighted by molar-refractivity contribution is 0.0967. The van der Waals surface area contributed by atoms with E-state index in [1.807, 2.05) is 0 Å². The van der Waals surface area contributed by atoms with Crippen LogP contribution in [0.1, 0.15) is 38.5 Å². The van der Waals surface area contributed by atoms with Crippen LogP contribution >= 0.6 is 12.2 Å². The Labute approximate surface area is 110 Å². The number of rotatable bonds is 5. The summed E-state index contributed by atoms with van der Waals surface area (Å²) in [7, 11) is 0. The van der Waals surface area contributed by atoms with E-state index >= 15 is 0 Å². The van der Waals surface area contributed by atoms with Gasteiger partial charge in [-0.1, -0.05) is 12.2 Å². The minimum atomic E-state index is 0.446. The van der Waals surface area contributed by atoms with E-state index in [2.05, 4.69) is 4.90 Å². The molecule has 4 heteroatoms. The molecule has 3 nitrogen and oxygen atoms in total. The van der Waals surface area contributed by atoms with Crippen molar-refractivity contribution in [3.8, 4) is 0 Å². The van der Waals surface area contributed by atoms with Gasteiger partial charge < -0.3 is 15.4 Å². The molecular formula is C13H24N2OS. The largest absolute Gasteiger partial charge is 0.393 e. The number of piperidine rings is 1. The number of likely N-dealkylation sites (tertiary alicyclic amines) is 1. The number of hydrogen-bond acceptors (Lipinski definition) is 3. The molecule has 0 aromatic rings. The molecule has 2 atom stereocenters. The molecule has 2 N–H and O–H groups in total. The molecule has 0 radical (unpaired) electrons. The number of nitrogens with two attached hydrogens (primary N) is 1. The summed E-state index contributed by atoms with van der Waals surface area (Å²) in [6.45, 7) is 4.43. The van der Waals surface area contributed by atoms with E-state index in [-0.39, 0.29) is 0 Å². The second kappa shape index (κ2) is 6.66. The molecule has 2 rings (SSSR count). The van der Waals surface area contributed by atoms with Crippen molar-refractivity contribution in [1.29, 1.82) is 0 Å². The third-order valence-electron chi connectivity index (χ3n) is 3.93. The van der Waals surface area contributed by atoms with E-state index in [1.54, 1.807) is 0 Å². The number of thiocarbonyl (C=S) groups is 1. The fraction of sp³-hybridized carbons (Fsp3) is 0.923. The highest BCUT2D eigenvalue weighted by Crippen LogP contribution is 2.19. The maximum Gasteiger partial charge on any atom is 0.0771 e. The van der Waals surface area contributed by atoms with Crippen molar-refractivity contribution in [1.82, 2.24) is 4.90 Å². The lowest BCUT2D eigenvalue weighted by Crippen LogP contribution is -2.40. The Kier molecular flexibility index (Phi) is 5.19. The first kappa shape index (κ1) is 13.2. The molecule has 0 saturated carbocycles. The van der Waals surface area contributed by atoms with Crippen LogP contribution in [0.15, 0.2) is 0 Å². The standard InChI is InChI=1S/C13H24N2OS/c14-13(17)11-4-1-7-15(10-11)8-2-5-12-6-3-9-16-12/h11-12H,1-10H2,(H2,14,17). The summed E-state index contributed by atoms with van der Waals surface area (Å²) in [4.78, 5) is 3.22. The van der Waals surface area contributed by atoms with Gasteiger partial charge >= 0.3 is 0 Å². The van der Waals surface area contributed by atoms with E-state index in [4.69, 9.17) is 22.7 Å². The molecule has 17 heavy (non-hydrogen) atoms. The van der Waals surface area contributed by atoms with Crippen molar-refractivity contribution < 1.29 is 4.74 Å². The van der Waals surface area contributed by atoms with E-state index < -0.39 is 0 Å². The lowest BCUT2D eigenvalue weighted by Gasteiger charge is -2.32. The lowest BCUT2D eigenvalue weighted by atomic mass is 9.98. The average Bonchev–Trinajstić information content (AvgIpc) is 2.82. The minimum absolute atomic E-state index is 0.446. The number of ether oxygens (including phenoxy) is 1. The Morgan fingerprint density at radius 2 is 2.24 bits per heavy atom. The van der Waals surface area contributed by atoms with Crippen LogP contribution in [-0.2, 0) is 4.74 Å². The van der Waals surface area contributed by atoms with Gasteiger partial charge in [0, 0.05) is 19.1 Å². The fourth-order valence-corrected chi connectivity index (χ4v) is 3.10. The highest BCUT2D eigenvalue weighted by Gasteiger charge is 2.22. The van der Waals surface area contributed by atoms with E-state index in [1.165, 1.54) is 51.6 Å². The first-order valence-electron chi connectivity index (χ1n) is 6.89. The zero-order valence-electron chi connectivity index (χ0n) is 10.6. The van der Waals surface area contributed by atoms with Gasteiger partial charge in [0.1, 0.15) is 0 Å². The van der Waals surface area contributed by atoms with Crippen LogP contribution in [0.5, 0.6) is 0 Å². The summed E-state index contributed by atoms with van der Waals surface area (Å²) in [5, 5.41) is 0. The minimum Gasteiger partial charge on any atom is -0.393 e. The molecule has 2 aliphatic rings. The van der Waals surface area contributed by atoms with Gasteiger partial charge in [0.05, 0.1) is 11.1 Å². The first-order chi connectivity index (χ1) is 8.25. The van der Waals surface area contributed by atoms with Crippen LogP contribution in [0, 0.1) is 5.92 Å². The van der Waals surface area contributed by atoms with Crippen LogP contribution in [-0.4, -0.2) is 42.2 Å². The predicted molar refractivity (Wildman–Crippen MR) is 74.2 cm³/mol. The molecule has 0 bridgehead atoms. The van der Waals surface area contributed by atoms with Gasteiger partial charge in [-0.25, -0.2) is 0 Å². The Bertz CT molecular complexity index is 254. The Balaban J connectivity index is 1.62. The first-order valence-corrected chi connectivity index (χ1v) is 7.30. The molecule has 0 spiro atoms.